The molecule has 0 saturated carbocycles. The fourth-order valence-electron chi connectivity index (χ4n) is 1.80. The predicted octanol–water partition coefficient (Wildman–Crippen LogP) is -0.0509. The number of para-hydroxylation sites is 1. The van der Waals surface area contributed by atoms with E-state index in [1.165, 1.54) is 18.2 Å². The normalized spacial score (nSPS) is 19.8. The summed E-state index contributed by atoms with van der Waals surface area (Å²) in [6.45, 7) is 0.127. The molecule has 2 rings (SSSR count). The van der Waals surface area contributed by atoms with E-state index >= 15 is 0 Å². The van der Waals surface area contributed by atoms with Crippen LogP contribution in [0.25, 0.3) is 0 Å². The lowest BCUT2D eigenvalue weighted by atomic mass is 10.2. The van der Waals surface area contributed by atoms with Crippen molar-refractivity contribution in [2.24, 2.45) is 0 Å². The van der Waals surface area contributed by atoms with Crippen molar-refractivity contribution in [3.63, 3.8) is 0 Å². The van der Waals surface area contributed by atoms with Gasteiger partial charge in [0.1, 0.15) is 10.6 Å². The average Bonchev–Trinajstić information content (AvgIpc) is 2.73. The second kappa shape index (κ2) is 4.95. The van der Waals surface area contributed by atoms with Gasteiger partial charge in [0.2, 0.25) is 15.9 Å². The molecule has 0 radical (unpaired) electrons. The summed E-state index contributed by atoms with van der Waals surface area (Å²) >= 11 is 0. The highest BCUT2D eigenvalue weighted by atomic mass is 32.2. The largest absolute Gasteiger partial charge is 0.507 e. The molecule has 3 N–H and O–H groups in total. The van der Waals surface area contributed by atoms with Crippen LogP contribution in [-0.4, -0.2) is 32.0 Å². The monoisotopic (exact) mass is 270 g/mol. The molecule has 1 heterocycles. The smallest absolute Gasteiger partial charge is 0.244 e. The van der Waals surface area contributed by atoms with Gasteiger partial charge in [0.25, 0.3) is 0 Å². The van der Waals surface area contributed by atoms with Gasteiger partial charge in [-0.05, 0) is 18.6 Å². The Balaban J connectivity index is 2.04. The number of amides is 1. The van der Waals surface area contributed by atoms with E-state index in [-0.39, 0.29) is 29.1 Å². The fourth-order valence-corrected chi connectivity index (χ4v) is 2.98. The zero-order valence-corrected chi connectivity index (χ0v) is 10.4. The van der Waals surface area contributed by atoms with Gasteiger partial charge in [0, 0.05) is 19.0 Å². The van der Waals surface area contributed by atoms with Gasteiger partial charge in [0.15, 0.2) is 0 Å². The molecule has 1 aliphatic rings. The third-order valence-corrected chi connectivity index (χ3v) is 4.23. The average molecular weight is 270 g/mol. The zero-order chi connectivity index (χ0) is 13.2. The third kappa shape index (κ3) is 2.80. The molecule has 6 nitrogen and oxygen atoms in total. The van der Waals surface area contributed by atoms with E-state index in [1.807, 2.05) is 0 Å². The van der Waals surface area contributed by atoms with Crippen molar-refractivity contribution in [1.82, 2.24) is 10.0 Å². The highest BCUT2D eigenvalue weighted by molar-refractivity contribution is 7.89. The Morgan fingerprint density at radius 2 is 2.11 bits per heavy atom. The van der Waals surface area contributed by atoms with Gasteiger partial charge >= 0.3 is 0 Å². The number of phenolic OH excluding ortho intramolecular Hbond substituents is 1. The molecule has 1 unspecified atom stereocenters. The molecule has 7 heteroatoms. The van der Waals surface area contributed by atoms with E-state index in [9.17, 15) is 18.3 Å². The molecule has 1 aromatic carbocycles. The Bertz CT molecular complexity index is 556. The predicted molar refractivity (Wildman–Crippen MR) is 64.5 cm³/mol. The lowest BCUT2D eigenvalue weighted by Gasteiger charge is -2.12. The highest BCUT2D eigenvalue weighted by Crippen LogP contribution is 2.21. The number of phenols is 1. The Hall–Kier alpha value is -1.60. The lowest BCUT2D eigenvalue weighted by Crippen LogP contribution is -2.38. The molecule has 0 bridgehead atoms. The second-order valence-electron chi connectivity index (χ2n) is 4.12. The molecule has 1 aliphatic heterocycles. The van der Waals surface area contributed by atoms with Gasteiger partial charge in [-0.15, -0.1) is 0 Å². The minimum absolute atomic E-state index is 0.0678. The molecule has 1 atom stereocenters. The first-order valence-electron chi connectivity index (χ1n) is 5.56. The summed E-state index contributed by atoms with van der Waals surface area (Å²) in [4.78, 5) is 10.8. The molecule has 0 spiro atoms. The van der Waals surface area contributed by atoms with Crippen molar-refractivity contribution >= 4 is 15.9 Å². The van der Waals surface area contributed by atoms with E-state index in [4.69, 9.17) is 0 Å². The maximum Gasteiger partial charge on any atom is 0.244 e. The van der Waals surface area contributed by atoms with Crippen LogP contribution in [0.1, 0.15) is 12.8 Å². The second-order valence-corrected chi connectivity index (χ2v) is 5.86. The highest BCUT2D eigenvalue weighted by Gasteiger charge is 2.24. The number of carbonyl (C=O) groups is 1. The Labute approximate surface area is 105 Å². The van der Waals surface area contributed by atoms with Crippen molar-refractivity contribution in [1.29, 1.82) is 0 Å². The third-order valence-electron chi connectivity index (χ3n) is 2.76. The van der Waals surface area contributed by atoms with E-state index in [0.717, 1.165) is 0 Å². The summed E-state index contributed by atoms with van der Waals surface area (Å²) in [7, 11) is -3.75. The van der Waals surface area contributed by atoms with Crippen LogP contribution in [0.5, 0.6) is 5.75 Å². The lowest BCUT2D eigenvalue weighted by molar-refractivity contribution is -0.119. The van der Waals surface area contributed by atoms with Crippen LogP contribution in [0.15, 0.2) is 29.2 Å². The molecule has 0 aromatic heterocycles. The van der Waals surface area contributed by atoms with Crippen molar-refractivity contribution in [2.45, 2.75) is 23.8 Å². The van der Waals surface area contributed by atoms with Gasteiger partial charge in [-0.3, -0.25) is 4.79 Å². The van der Waals surface area contributed by atoms with Crippen LogP contribution in [-0.2, 0) is 14.8 Å². The topological polar surface area (TPSA) is 95.5 Å². The Morgan fingerprint density at radius 1 is 1.39 bits per heavy atom. The first-order chi connectivity index (χ1) is 8.49. The summed E-state index contributed by atoms with van der Waals surface area (Å²) in [5.74, 6) is -0.359. The van der Waals surface area contributed by atoms with Gasteiger partial charge in [-0.25, -0.2) is 13.1 Å². The molecule has 0 aliphatic carbocycles. The van der Waals surface area contributed by atoms with Crippen LogP contribution >= 0.6 is 0 Å². The molecular formula is C11H14N2O4S. The molecule has 1 amide bonds. The van der Waals surface area contributed by atoms with E-state index in [1.54, 1.807) is 6.07 Å². The summed E-state index contributed by atoms with van der Waals surface area (Å²) in [5, 5.41) is 12.2. The number of rotatable bonds is 4. The standard InChI is InChI=1S/C11H14N2O4S/c14-9-3-1-2-4-10(9)18(16,17)12-7-8-5-6-11(15)13-8/h1-4,8,12,14H,5-7H2,(H,13,15). The van der Waals surface area contributed by atoms with Crippen LogP contribution in [0.2, 0.25) is 0 Å². The molecule has 1 fully saturated rings. The molecule has 1 aromatic rings. The quantitative estimate of drug-likeness (QED) is 0.714. The van der Waals surface area contributed by atoms with Crippen molar-refractivity contribution in [3.8, 4) is 5.75 Å². The maximum atomic E-state index is 11.9. The fraction of sp³-hybridized carbons (Fsp3) is 0.364. The molecular weight excluding hydrogens is 256 g/mol. The number of benzene rings is 1. The molecule has 98 valence electrons. The van der Waals surface area contributed by atoms with Crippen LogP contribution in [0, 0.1) is 0 Å². The van der Waals surface area contributed by atoms with Gasteiger partial charge in [0.05, 0.1) is 0 Å². The Morgan fingerprint density at radius 3 is 2.72 bits per heavy atom. The van der Waals surface area contributed by atoms with Gasteiger partial charge in [-0.2, -0.15) is 0 Å². The number of sulfonamides is 1. The summed E-state index contributed by atoms with van der Waals surface area (Å²) in [6.07, 6.45) is 1.03. The summed E-state index contributed by atoms with van der Waals surface area (Å²) in [5.41, 5.74) is 0. The van der Waals surface area contributed by atoms with Crippen LogP contribution in [0.3, 0.4) is 0 Å². The van der Waals surface area contributed by atoms with Crippen LogP contribution in [0.4, 0.5) is 0 Å². The van der Waals surface area contributed by atoms with E-state index < -0.39 is 10.0 Å². The number of aromatic hydroxyl groups is 1. The van der Waals surface area contributed by atoms with E-state index in [0.29, 0.717) is 12.8 Å². The molecule has 1 saturated heterocycles. The van der Waals surface area contributed by atoms with Crippen LogP contribution < -0.4 is 10.0 Å². The molecule has 18 heavy (non-hydrogen) atoms. The van der Waals surface area contributed by atoms with Crippen molar-refractivity contribution < 1.29 is 18.3 Å². The summed E-state index contributed by atoms with van der Waals surface area (Å²) < 4.78 is 26.2. The number of hydrogen-bond acceptors (Lipinski definition) is 4. The van der Waals surface area contributed by atoms with Crippen molar-refractivity contribution in [3.05, 3.63) is 24.3 Å². The Kier molecular flexibility index (Phi) is 3.53. The van der Waals surface area contributed by atoms with Gasteiger partial charge in [-0.1, -0.05) is 12.1 Å². The van der Waals surface area contributed by atoms with E-state index in [2.05, 4.69) is 10.0 Å². The minimum atomic E-state index is -3.75. The zero-order valence-electron chi connectivity index (χ0n) is 9.59. The van der Waals surface area contributed by atoms with Crippen molar-refractivity contribution in [2.75, 3.05) is 6.54 Å². The van der Waals surface area contributed by atoms with Gasteiger partial charge < -0.3 is 10.4 Å². The number of hydrogen-bond donors (Lipinski definition) is 3. The maximum absolute atomic E-state index is 11.9. The minimum Gasteiger partial charge on any atom is -0.507 e. The summed E-state index contributed by atoms with van der Waals surface area (Å²) in [6, 6.07) is 5.53. The number of carbonyl (C=O) groups excluding carboxylic acids is 1. The first-order valence-corrected chi connectivity index (χ1v) is 7.04. The first kappa shape index (κ1) is 12.8. The SMILES string of the molecule is O=C1CCC(CNS(=O)(=O)c2ccccc2O)N1. The number of nitrogens with one attached hydrogen (secondary N) is 2.